The van der Waals surface area contributed by atoms with Gasteiger partial charge in [0.25, 0.3) is 5.91 Å². The van der Waals surface area contributed by atoms with Crippen molar-refractivity contribution in [2.45, 2.75) is 49.9 Å². The summed E-state index contributed by atoms with van der Waals surface area (Å²) in [5.41, 5.74) is 3.16. The number of amides is 1. The molecular weight excluding hydrogens is 342 g/mol. The number of carbonyl (C=O) groups is 1. The lowest BCUT2D eigenvalue weighted by molar-refractivity contribution is 0.0279. The third-order valence-corrected chi connectivity index (χ3v) is 6.87. The molecule has 0 bridgehead atoms. The van der Waals surface area contributed by atoms with Crippen molar-refractivity contribution in [1.29, 1.82) is 0 Å². The Morgan fingerprint density at radius 3 is 2.50 bits per heavy atom. The molecule has 3 atom stereocenters. The molecule has 1 saturated carbocycles. The first-order valence-electron chi connectivity index (χ1n) is 9.70. The summed E-state index contributed by atoms with van der Waals surface area (Å²) in [6.45, 7) is 2.78. The Hall–Kier alpha value is -1.80. The van der Waals surface area contributed by atoms with Crippen molar-refractivity contribution in [3.8, 4) is 0 Å². The second-order valence-corrected chi connectivity index (χ2v) is 8.61. The van der Waals surface area contributed by atoms with Crippen LogP contribution in [0.5, 0.6) is 0 Å². The fourth-order valence-electron chi connectivity index (χ4n) is 4.79. The molecule has 1 heterocycles. The fourth-order valence-corrected chi connectivity index (χ4v) is 5.24. The van der Waals surface area contributed by atoms with Gasteiger partial charge in [-0.15, -0.1) is 11.6 Å². The van der Waals surface area contributed by atoms with Crippen molar-refractivity contribution in [2.75, 3.05) is 6.54 Å². The van der Waals surface area contributed by atoms with Crippen LogP contribution in [0.25, 0.3) is 0 Å². The number of aryl methyl sites for hydroxylation is 1. The number of likely N-dealkylation sites (tertiary alicyclic amines) is 1. The second kappa shape index (κ2) is 7.08. The van der Waals surface area contributed by atoms with Crippen molar-refractivity contribution < 1.29 is 4.79 Å². The molecule has 1 aliphatic heterocycles. The van der Waals surface area contributed by atoms with Crippen LogP contribution >= 0.6 is 11.6 Å². The normalized spacial score (nSPS) is 28.5. The molecule has 2 nitrogen and oxygen atoms in total. The molecular formula is C23H26ClNO. The number of benzene rings is 2. The Kier molecular flexibility index (Phi) is 4.79. The lowest BCUT2D eigenvalue weighted by atomic mass is 9.68. The number of piperidine rings is 1. The van der Waals surface area contributed by atoms with E-state index < -0.39 is 0 Å². The molecule has 2 aromatic carbocycles. The van der Waals surface area contributed by atoms with Gasteiger partial charge in [-0.2, -0.15) is 0 Å². The highest BCUT2D eigenvalue weighted by Gasteiger charge is 2.50. The number of hydrogen-bond donors (Lipinski definition) is 0. The smallest absolute Gasteiger partial charge is 0.254 e. The number of hydrogen-bond acceptors (Lipinski definition) is 1. The minimum atomic E-state index is -0.164. The standard InChI is InChI=1S/C23H26ClNO/c1-17-10-12-19(13-11-17)22(26)25-16-15-23(24)14-6-5-9-20(23)21(25)18-7-3-2-4-8-18/h2-4,7-8,10-13,20-21H,5-6,9,14-16H2,1H3/t20-,21+,23-/m1/s1. The largest absolute Gasteiger partial charge is 0.331 e. The lowest BCUT2D eigenvalue weighted by Crippen LogP contribution is -2.53. The zero-order valence-corrected chi connectivity index (χ0v) is 16.1. The van der Waals surface area contributed by atoms with Crippen LogP contribution in [0.3, 0.4) is 0 Å². The topological polar surface area (TPSA) is 20.3 Å². The molecule has 0 spiro atoms. The van der Waals surface area contributed by atoms with Gasteiger partial charge in [-0.25, -0.2) is 0 Å². The zero-order chi connectivity index (χ0) is 18.1. The van der Waals surface area contributed by atoms with Gasteiger partial charge in [-0.05, 0) is 43.9 Å². The average molecular weight is 368 g/mol. The highest BCUT2D eigenvalue weighted by Crippen LogP contribution is 2.52. The number of halogens is 1. The maximum Gasteiger partial charge on any atom is 0.254 e. The van der Waals surface area contributed by atoms with Gasteiger partial charge < -0.3 is 4.90 Å². The molecule has 2 aromatic rings. The molecule has 2 aliphatic rings. The summed E-state index contributed by atoms with van der Waals surface area (Å²) in [5, 5.41) is 0. The van der Waals surface area contributed by atoms with Gasteiger partial charge in [0.1, 0.15) is 0 Å². The van der Waals surface area contributed by atoms with Gasteiger partial charge in [-0.3, -0.25) is 4.79 Å². The summed E-state index contributed by atoms with van der Waals surface area (Å²) < 4.78 is 0. The quantitative estimate of drug-likeness (QED) is 0.619. The third-order valence-electron chi connectivity index (χ3n) is 6.21. The van der Waals surface area contributed by atoms with E-state index in [9.17, 15) is 4.79 Å². The molecule has 1 amide bonds. The number of alkyl halides is 1. The van der Waals surface area contributed by atoms with Crippen LogP contribution in [0.2, 0.25) is 0 Å². The highest BCUT2D eigenvalue weighted by molar-refractivity contribution is 6.24. The molecule has 0 N–H and O–H groups in total. The summed E-state index contributed by atoms with van der Waals surface area (Å²) in [4.78, 5) is 15.3. The molecule has 0 unspecified atom stereocenters. The SMILES string of the molecule is Cc1ccc(C(=O)N2CC[C@]3(Cl)CCCC[C@@H]3[C@@H]2c2ccccc2)cc1. The Labute approximate surface area is 161 Å². The monoisotopic (exact) mass is 367 g/mol. The first-order valence-corrected chi connectivity index (χ1v) is 10.1. The minimum absolute atomic E-state index is 0.0663. The van der Waals surface area contributed by atoms with E-state index in [4.69, 9.17) is 11.6 Å². The van der Waals surface area contributed by atoms with Gasteiger partial charge in [-0.1, -0.05) is 60.9 Å². The Morgan fingerprint density at radius 1 is 1.04 bits per heavy atom. The van der Waals surface area contributed by atoms with E-state index >= 15 is 0 Å². The lowest BCUT2D eigenvalue weighted by Gasteiger charge is -2.52. The van der Waals surface area contributed by atoms with Crippen molar-refractivity contribution >= 4 is 17.5 Å². The average Bonchev–Trinajstić information content (AvgIpc) is 2.67. The number of rotatable bonds is 2. The van der Waals surface area contributed by atoms with E-state index in [1.807, 2.05) is 37.3 Å². The van der Waals surface area contributed by atoms with Crippen LogP contribution in [0.15, 0.2) is 54.6 Å². The predicted octanol–water partition coefficient (Wildman–Crippen LogP) is 5.75. The van der Waals surface area contributed by atoms with E-state index in [1.165, 1.54) is 24.0 Å². The van der Waals surface area contributed by atoms with E-state index in [2.05, 4.69) is 29.2 Å². The van der Waals surface area contributed by atoms with E-state index in [1.54, 1.807) is 0 Å². The van der Waals surface area contributed by atoms with E-state index in [0.717, 1.165) is 31.4 Å². The molecule has 1 saturated heterocycles. The van der Waals surface area contributed by atoms with Crippen LogP contribution in [-0.2, 0) is 0 Å². The van der Waals surface area contributed by atoms with Gasteiger partial charge in [0.2, 0.25) is 0 Å². The first-order chi connectivity index (χ1) is 12.6. The summed E-state index contributed by atoms with van der Waals surface area (Å²) >= 11 is 7.12. The highest BCUT2D eigenvalue weighted by atomic mass is 35.5. The number of carbonyl (C=O) groups excluding carboxylic acids is 1. The second-order valence-electron chi connectivity index (χ2n) is 7.86. The van der Waals surface area contributed by atoms with Gasteiger partial charge in [0.15, 0.2) is 0 Å². The molecule has 3 heteroatoms. The van der Waals surface area contributed by atoms with Gasteiger partial charge in [0.05, 0.1) is 10.9 Å². The van der Waals surface area contributed by atoms with Crippen LogP contribution in [0.1, 0.15) is 59.6 Å². The van der Waals surface area contributed by atoms with Gasteiger partial charge >= 0.3 is 0 Å². The summed E-state index contributed by atoms with van der Waals surface area (Å²) in [6, 6.07) is 18.5. The number of nitrogens with zero attached hydrogens (tertiary/aromatic N) is 1. The molecule has 0 aromatic heterocycles. The Balaban J connectivity index is 1.72. The Morgan fingerprint density at radius 2 is 1.77 bits per heavy atom. The summed E-state index contributed by atoms with van der Waals surface area (Å²) in [7, 11) is 0. The van der Waals surface area contributed by atoms with Crippen molar-refractivity contribution in [3.63, 3.8) is 0 Å². The van der Waals surface area contributed by atoms with E-state index in [0.29, 0.717) is 5.92 Å². The molecule has 4 rings (SSSR count). The third kappa shape index (κ3) is 3.16. The van der Waals surface area contributed by atoms with Crippen molar-refractivity contribution in [1.82, 2.24) is 4.90 Å². The molecule has 136 valence electrons. The molecule has 0 radical (unpaired) electrons. The van der Waals surface area contributed by atoms with Crippen LogP contribution in [0.4, 0.5) is 0 Å². The fraction of sp³-hybridized carbons (Fsp3) is 0.435. The summed E-state index contributed by atoms with van der Waals surface area (Å²) in [5.74, 6) is 0.451. The van der Waals surface area contributed by atoms with Crippen LogP contribution < -0.4 is 0 Å². The maximum absolute atomic E-state index is 13.4. The zero-order valence-electron chi connectivity index (χ0n) is 15.3. The molecule has 1 aliphatic carbocycles. The number of fused-ring (bicyclic) bond motifs is 1. The Bertz CT molecular complexity index is 773. The first kappa shape index (κ1) is 17.6. The van der Waals surface area contributed by atoms with Crippen molar-refractivity contribution in [2.24, 2.45) is 5.92 Å². The molecule has 26 heavy (non-hydrogen) atoms. The molecule has 2 fully saturated rings. The summed E-state index contributed by atoms with van der Waals surface area (Å²) in [6.07, 6.45) is 5.46. The van der Waals surface area contributed by atoms with Crippen molar-refractivity contribution in [3.05, 3.63) is 71.3 Å². The van der Waals surface area contributed by atoms with Gasteiger partial charge in [0, 0.05) is 18.0 Å². The predicted molar refractivity (Wildman–Crippen MR) is 107 cm³/mol. The minimum Gasteiger partial charge on any atom is -0.331 e. The van der Waals surface area contributed by atoms with Crippen LogP contribution in [0, 0.1) is 12.8 Å². The maximum atomic E-state index is 13.4. The van der Waals surface area contributed by atoms with E-state index in [-0.39, 0.29) is 16.8 Å². The van der Waals surface area contributed by atoms with Crippen LogP contribution in [-0.4, -0.2) is 22.2 Å².